The lowest BCUT2D eigenvalue weighted by molar-refractivity contribution is -0.144. The molecule has 27 heavy (non-hydrogen) atoms. The van der Waals surface area contributed by atoms with Crippen LogP contribution in [-0.4, -0.2) is 57.2 Å². The van der Waals surface area contributed by atoms with Crippen molar-refractivity contribution in [3.63, 3.8) is 0 Å². The fourth-order valence-electron chi connectivity index (χ4n) is 3.23. The van der Waals surface area contributed by atoms with Gasteiger partial charge in [0.05, 0.1) is 29.1 Å². The third kappa shape index (κ3) is 3.65. The molecule has 0 N–H and O–H groups in total. The zero-order valence-corrected chi connectivity index (χ0v) is 17.2. The zero-order valence-electron chi connectivity index (χ0n) is 16.4. The lowest BCUT2D eigenvalue weighted by atomic mass is 9.79. The molecule has 0 amide bonds. The zero-order chi connectivity index (χ0) is 20.0. The quantitative estimate of drug-likeness (QED) is 0.562. The number of ether oxygens (including phenoxy) is 1. The van der Waals surface area contributed by atoms with Gasteiger partial charge in [0.1, 0.15) is 0 Å². The first kappa shape index (κ1) is 20.3. The second kappa shape index (κ2) is 6.88. The Kier molecular flexibility index (Phi) is 5.18. The van der Waals surface area contributed by atoms with Crippen molar-refractivity contribution >= 4 is 28.6 Å². The van der Waals surface area contributed by atoms with E-state index in [1.54, 1.807) is 24.3 Å². The molecule has 2 heterocycles. The first-order valence-electron chi connectivity index (χ1n) is 9.01. The van der Waals surface area contributed by atoms with Crippen molar-refractivity contribution in [3.05, 3.63) is 24.3 Å². The van der Waals surface area contributed by atoms with Crippen LogP contribution in [-0.2, 0) is 28.9 Å². The van der Waals surface area contributed by atoms with Crippen LogP contribution in [0.1, 0.15) is 34.1 Å². The van der Waals surface area contributed by atoms with Gasteiger partial charge in [-0.2, -0.15) is 4.31 Å². The normalized spacial score (nSPS) is 24.9. The summed E-state index contributed by atoms with van der Waals surface area (Å²) in [6, 6.07) is 6.54. The van der Waals surface area contributed by atoms with Crippen LogP contribution in [0.3, 0.4) is 0 Å². The van der Waals surface area contributed by atoms with Gasteiger partial charge in [-0.1, -0.05) is 12.1 Å². The van der Waals surface area contributed by atoms with Gasteiger partial charge in [-0.3, -0.25) is 4.79 Å². The molecule has 2 saturated heterocycles. The van der Waals surface area contributed by atoms with Crippen molar-refractivity contribution in [2.75, 3.05) is 20.2 Å². The molecular formula is C18H26BNO6S. The van der Waals surface area contributed by atoms with E-state index in [2.05, 4.69) is 0 Å². The number of rotatable bonds is 4. The van der Waals surface area contributed by atoms with E-state index in [1.807, 2.05) is 27.7 Å². The highest BCUT2D eigenvalue weighted by Crippen LogP contribution is 2.36. The molecule has 0 radical (unpaired) electrons. The van der Waals surface area contributed by atoms with Crippen LogP contribution >= 0.6 is 0 Å². The maximum atomic E-state index is 12.8. The van der Waals surface area contributed by atoms with Crippen LogP contribution in [0.15, 0.2) is 29.2 Å². The van der Waals surface area contributed by atoms with E-state index < -0.39 is 34.3 Å². The van der Waals surface area contributed by atoms with Crippen molar-refractivity contribution in [1.82, 2.24) is 4.31 Å². The number of benzene rings is 1. The first-order chi connectivity index (χ1) is 12.5. The molecule has 0 spiro atoms. The van der Waals surface area contributed by atoms with Crippen molar-refractivity contribution in [2.24, 2.45) is 5.92 Å². The summed E-state index contributed by atoms with van der Waals surface area (Å²) >= 11 is 0. The molecule has 7 nitrogen and oxygen atoms in total. The van der Waals surface area contributed by atoms with E-state index in [-0.39, 0.29) is 17.4 Å². The molecule has 0 bridgehead atoms. The first-order valence-corrected chi connectivity index (χ1v) is 10.5. The number of nitrogens with zero attached hydrogens (tertiary/aromatic N) is 1. The molecule has 1 aromatic rings. The summed E-state index contributed by atoms with van der Waals surface area (Å²) in [5.74, 6) is -0.780. The second-order valence-corrected chi connectivity index (χ2v) is 9.97. The Morgan fingerprint density at radius 1 is 1.15 bits per heavy atom. The summed E-state index contributed by atoms with van der Waals surface area (Å²) < 4.78 is 43.7. The molecular weight excluding hydrogens is 369 g/mol. The van der Waals surface area contributed by atoms with Gasteiger partial charge in [0.2, 0.25) is 10.0 Å². The molecule has 1 unspecified atom stereocenters. The van der Waals surface area contributed by atoms with E-state index >= 15 is 0 Å². The minimum atomic E-state index is -3.66. The topological polar surface area (TPSA) is 82.1 Å². The summed E-state index contributed by atoms with van der Waals surface area (Å²) in [5.41, 5.74) is -0.150. The highest BCUT2D eigenvalue weighted by molar-refractivity contribution is 7.89. The predicted molar refractivity (Wildman–Crippen MR) is 101 cm³/mol. The van der Waals surface area contributed by atoms with Gasteiger partial charge < -0.3 is 14.0 Å². The number of sulfonamides is 1. The lowest BCUT2D eigenvalue weighted by Crippen LogP contribution is -2.41. The molecule has 2 aliphatic rings. The van der Waals surface area contributed by atoms with Crippen LogP contribution in [0.4, 0.5) is 0 Å². The number of carbonyl (C=O) groups is 1. The minimum Gasteiger partial charge on any atom is -0.469 e. The molecule has 3 rings (SSSR count). The van der Waals surface area contributed by atoms with E-state index in [1.165, 1.54) is 11.4 Å². The molecule has 148 valence electrons. The van der Waals surface area contributed by atoms with Crippen molar-refractivity contribution in [1.29, 1.82) is 0 Å². The minimum absolute atomic E-state index is 0.147. The maximum absolute atomic E-state index is 12.8. The van der Waals surface area contributed by atoms with E-state index in [4.69, 9.17) is 14.0 Å². The largest absolute Gasteiger partial charge is 0.494 e. The highest BCUT2D eigenvalue weighted by Gasteiger charge is 2.51. The second-order valence-electron chi connectivity index (χ2n) is 8.03. The number of hydrogen-bond acceptors (Lipinski definition) is 6. The Labute approximate surface area is 161 Å². The number of hydrogen-bond donors (Lipinski definition) is 0. The standard InChI is InChI=1S/C18H26BNO6S/c1-17(2)18(3,4)26-19(25-17)14-6-8-15(9-7-14)27(22,23)20-11-10-13(12-20)16(21)24-5/h6-9,13H,10-12H2,1-5H3. The molecule has 1 atom stereocenters. The van der Waals surface area contributed by atoms with Crippen LogP contribution < -0.4 is 5.46 Å². The fraction of sp³-hybridized carbons (Fsp3) is 0.611. The summed E-state index contributed by atoms with van der Waals surface area (Å²) in [7, 11) is -2.88. The summed E-state index contributed by atoms with van der Waals surface area (Å²) in [6.45, 7) is 8.33. The lowest BCUT2D eigenvalue weighted by Gasteiger charge is -2.32. The summed E-state index contributed by atoms with van der Waals surface area (Å²) in [4.78, 5) is 11.8. The smallest absolute Gasteiger partial charge is 0.469 e. The van der Waals surface area contributed by atoms with Crippen LogP contribution in [0.25, 0.3) is 0 Å². The molecule has 2 fully saturated rings. The fourth-order valence-corrected chi connectivity index (χ4v) is 4.73. The number of esters is 1. The van der Waals surface area contributed by atoms with Crippen LogP contribution in [0.5, 0.6) is 0 Å². The Bertz CT molecular complexity index is 805. The van der Waals surface area contributed by atoms with Gasteiger partial charge in [-0.15, -0.1) is 0 Å². The Balaban J connectivity index is 1.75. The summed E-state index contributed by atoms with van der Waals surface area (Å²) in [6.07, 6.45) is 0.470. The van der Waals surface area contributed by atoms with Gasteiger partial charge in [0.25, 0.3) is 0 Å². The van der Waals surface area contributed by atoms with E-state index in [0.29, 0.717) is 13.0 Å². The molecule has 0 aromatic heterocycles. The average molecular weight is 395 g/mol. The van der Waals surface area contributed by atoms with E-state index in [9.17, 15) is 13.2 Å². The molecule has 0 saturated carbocycles. The number of carbonyl (C=O) groups excluding carboxylic acids is 1. The maximum Gasteiger partial charge on any atom is 0.494 e. The summed E-state index contributed by atoms with van der Waals surface area (Å²) in [5, 5.41) is 0. The van der Waals surface area contributed by atoms with Crippen LogP contribution in [0, 0.1) is 5.92 Å². The molecule has 2 aliphatic heterocycles. The Morgan fingerprint density at radius 2 is 1.70 bits per heavy atom. The SMILES string of the molecule is COC(=O)C1CCN(S(=O)(=O)c2ccc(B3OC(C)(C)C(C)(C)O3)cc2)C1. The van der Waals surface area contributed by atoms with Crippen LogP contribution in [0.2, 0.25) is 0 Å². The monoisotopic (exact) mass is 395 g/mol. The number of methoxy groups -OCH3 is 1. The van der Waals surface area contributed by atoms with Gasteiger partial charge in [-0.05, 0) is 51.7 Å². The Hall–Kier alpha value is -1.42. The molecule has 9 heteroatoms. The van der Waals surface area contributed by atoms with Crippen molar-refractivity contribution in [3.8, 4) is 0 Å². The third-order valence-electron chi connectivity index (χ3n) is 5.73. The molecule has 0 aliphatic carbocycles. The molecule has 1 aromatic carbocycles. The van der Waals surface area contributed by atoms with Crippen molar-refractivity contribution < 1.29 is 27.3 Å². The predicted octanol–water partition coefficient (Wildman–Crippen LogP) is 1.17. The van der Waals surface area contributed by atoms with E-state index in [0.717, 1.165) is 5.46 Å². The third-order valence-corrected chi connectivity index (χ3v) is 7.61. The van der Waals surface area contributed by atoms with Gasteiger partial charge in [0.15, 0.2) is 0 Å². The average Bonchev–Trinajstić information content (AvgIpc) is 3.18. The Morgan fingerprint density at radius 3 is 2.22 bits per heavy atom. The van der Waals surface area contributed by atoms with Gasteiger partial charge >= 0.3 is 13.1 Å². The highest BCUT2D eigenvalue weighted by atomic mass is 32.2. The van der Waals surface area contributed by atoms with Crippen molar-refractivity contribution in [2.45, 2.75) is 50.2 Å². The van der Waals surface area contributed by atoms with Gasteiger partial charge in [-0.25, -0.2) is 8.42 Å². The van der Waals surface area contributed by atoms with Gasteiger partial charge in [0, 0.05) is 13.1 Å².